The number of benzene rings is 2. The molecule has 1 atom stereocenters. The summed E-state index contributed by atoms with van der Waals surface area (Å²) in [4.78, 5) is 2.26. The van der Waals surface area contributed by atoms with E-state index in [1.165, 1.54) is 29.6 Å². The third kappa shape index (κ3) is 5.52. The van der Waals surface area contributed by atoms with Gasteiger partial charge in [-0.05, 0) is 67.3 Å². The summed E-state index contributed by atoms with van der Waals surface area (Å²) in [5, 5.41) is 9.43. The van der Waals surface area contributed by atoms with E-state index in [4.69, 9.17) is 0 Å². The van der Waals surface area contributed by atoms with E-state index in [2.05, 4.69) is 35.0 Å². The maximum absolute atomic E-state index is 13.7. The van der Waals surface area contributed by atoms with Crippen molar-refractivity contribution in [2.75, 3.05) is 26.2 Å². The Morgan fingerprint density at radius 2 is 1.77 bits per heavy atom. The van der Waals surface area contributed by atoms with E-state index < -0.39 is 23.0 Å². The van der Waals surface area contributed by atoms with Crippen molar-refractivity contribution in [3.05, 3.63) is 71.4 Å². The van der Waals surface area contributed by atoms with Gasteiger partial charge in [-0.15, -0.1) is 0 Å². The largest absolute Gasteiger partial charge is 0.293 e. The molecule has 1 unspecified atom stereocenters. The van der Waals surface area contributed by atoms with Crippen LogP contribution in [0.5, 0.6) is 0 Å². The normalized spacial score (nSPS) is 17.5. The monoisotopic (exact) mass is 574 g/mol. The standard InChI is InChI=1S/C28H33F3N6O2S/c1-18(2)14-34-9-10-36(40(38,39)27-16-35(17-28(30)31)33-20(27)4)15-26(34)24-12-21-13-32-37(25(21)11-19(24)3)23-7-5-22(29)6-8-23/h5-8,11-13,16,18,26,28H,9-10,14-15,17H2,1-4H3. The van der Waals surface area contributed by atoms with Crippen LogP contribution in [-0.4, -0.2) is 69.8 Å². The molecule has 40 heavy (non-hydrogen) atoms. The number of fused-ring (bicyclic) bond motifs is 1. The summed E-state index contributed by atoms with van der Waals surface area (Å²) < 4.78 is 70.9. The molecule has 3 heterocycles. The average Bonchev–Trinajstić information content (AvgIpc) is 3.46. The molecule has 0 amide bonds. The van der Waals surface area contributed by atoms with Gasteiger partial charge >= 0.3 is 0 Å². The molecule has 5 rings (SSSR count). The summed E-state index contributed by atoms with van der Waals surface area (Å²) in [6, 6.07) is 9.99. The predicted molar refractivity (Wildman–Crippen MR) is 147 cm³/mol. The van der Waals surface area contributed by atoms with E-state index in [1.54, 1.807) is 23.0 Å². The van der Waals surface area contributed by atoms with Gasteiger partial charge in [-0.1, -0.05) is 13.8 Å². The lowest BCUT2D eigenvalue weighted by atomic mass is 9.96. The third-order valence-electron chi connectivity index (χ3n) is 7.28. The number of rotatable bonds is 8. The topological polar surface area (TPSA) is 76.3 Å². The van der Waals surface area contributed by atoms with E-state index in [9.17, 15) is 21.6 Å². The molecule has 8 nitrogen and oxygen atoms in total. The fourth-order valence-electron chi connectivity index (χ4n) is 5.47. The number of aromatic nitrogens is 4. The molecule has 4 aromatic rings. The van der Waals surface area contributed by atoms with E-state index >= 15 is 0 Å². The summed E-state index contributed by atoms with van der Waals surface area (Å²) >= 11 is 0. The molecule has 0 bridgehead atoms. The Morgan fingerprint density at radius 3 is 2.45 bits per heavy atom. The molecule has 1 aliphatic heterocycles. The highest BCUT2D eigenvalue weighted by Crippen LogP contribution is 2.34. The first-order valence-corrected chi connectivity index (χ1v) is 14.7. The van der Waals surface area contributed by atoms with Crippen LogP contribution >= 0.6 is 0 Å². The second-order valence-corrected chi connectivity index (χ2v) is 12.7. The predicted octanol–water partition coefficient (Wildman–Crippen LogP) is 4.95. The van der Waals surface area contributed by atoms with Crippen LogP contribution in [0.25, 0.3) is 16.6 Å². The molecule has 1 saturated heterocycles. The zero-order valence-electron chi connectivity index (χ0n) is 22.9. The van der Waals surface area contributed by atoms with Gasteiger partial charge in [0.2, 0.25) is 10.0 Å². The lowest BCUT2D eigenvalue weighted by Gasteiger charge is -2.42. The number of hydrogen-bond acceptors (Lipinski definition) is 5. The molecule has 12 heteroatoms. The Hall–Kier alpha value is -3.22. The molecule has 1 aliphatic rings. The smallest absolute Gasteiger partial charge is 0.257 e. The SMILES string of the molecule is Cc1cc2c(cnn2-c2ccc(F)cc2)cc1C1CN(S(=O)(=O)c2cn(CC(F)F)nc2C)CCN1CC(C)C. The summed E-state index contributed by atoms with van der Waals surface area (Å²) in [5.41, 5.74) is 3.79. The minimum Gasteiger partial charge on any atom is -0.293 e. The maximum atomic E-state index is 13.7. The summed E-state index contributed by atoms with van der Waals surface area (Å²) in [6.45, 7) is 8.94. The van der Waals surface area contributed by atoms with Gasteiger partial charge < -0.3 is 0 Å². The van der Waals surface area contributed by atoms with Crippen LogP contribution in [0.2, 0.25) is 0 Å². The van der Waals surface area contributed by atoms with Gasteiger partial charge in [-0.2, -0.15) is 14.5 Å². The molecule has 1 fully saturated rings. The number of alkyl halides is 2. The van der Waals surface area contributed by atoms with Crippen molar-refractivity contribution in [1.82, 2.24) is 28.8 Å². The minimum atomic E-state index is -3.96. The molecule has 2 aromatic carbocycles. The van der Waals surface area contributed by atoms with Gasteiger partial charge in [-0.3, -0.25) is 9.58 Å². The molecule has 0 radical (unpaired) electrons. The van der Waals surface area contributed by atoms with Crippen molar-refractivity contribution >= 4 is 20.9 Å². The van der Waals surface area contributed by atoms with Crippen LogP contribution in [-0.2, 0) is 16.6 Å². The number of aryl methyl sites for hydroxylation is 2. The molecular formula is C28H33F3N6O2S. The Labute approximate surface area is 232 Å². The first-order valence-electron chi connectivity index (χ1n) is 13.2. The van der Waals surface area contributed by atoms with Gasteiger partial charge in [0.25, 0.3) is 6.43 Å². The van der Waals surface area contributed by atoms with E-state index in [0.29, 0.717) is 12.5 Å². The lowest BCUT2D eigenvalue weighted by molar-refractivity contribution is 0.105. The number of hydrogen-bond donors (Lipinski definition) is 0. The Morgan fingerprint density at radius 1 is 1.05 bits per heavy atom. The summed E-state index contributed by atoms with van der Waals surface area (Å²) in [7, 11) is -3.96. The summed E-state index contributed by atoms with van der Waals surface area (Å²) in [5.74, 6) is 0.0445. The Bertz CT molecular complexity index is 1610. The lowest BCUT2D eigenvalue weighted by Crippen LogP contribution is -2.51. The van der Waals surface area contributed by atoms with Crippen molar-refractivity contribution in [2.45, 2.75) is 51.6 Å². The van der Waals surface area contributed by atoms with Crippen molar-refractivity contribution in [3.8, 4) is 5.69 Å². The zero-order chi connectivity index (χ0) is 28.8. The highest BCUT2D eigenvalue weighted by atomic mass is 32.2. The number of sulfonamides is 1. The van der Waals surface area contributed by atoms with E-state index in [1.807, 2.05) is 13.0 Å². The van der Waals surface area contributed by atoms with E-state index in [0.717, 1.165) is 38.9 Å². The zero-order valence-corrected chi connectivity index (χ0v) is 23.7. The van der Waals surface area contributed by atoms with Crippen LogP contribution in [0.4, 0.5) is 13.2 Å². The highest BCUT2D eigenvalue weighted by molar-refractivity contribution is 7.89. The molecule has 2 aromatic heterocycles. The van der Waals surface area contributed by atoms with Gasteiger partial charge in [0.15, 0.2) is 0 Å². The molecule has 0 aliphatic carbocycles. The molecular weight excluding hydrogens is 541 g/mol. The number of piperazine rings is 1. The van der Waals surface area contributed by atoms with Crippen LogP contribution in [0, 0.1) is 25.6 Å². The van der Waals surface area contributed by atoms with Crippen LogP contribution in [0.3, 0.4) is 0 Å². The Kier molecular flexibility index (Phi) is 7.77. The van der Waals surface area contributed by atoms with Crippen molar-refractivity contribution in [2.24, 2.45) is 5.92 Å². The van der Waals surface area contributed by atoms with Crippen LogP contribution in [0.1, 0.15) is 36.7 Å². The molecule has 214 valence electrons. The fraction of sp³-hybridized carbons (Fsp3) is 0.429. The summed E-state index contributed by atoms with van der Waals surface area (Å²) in [6.07, 6.45) is 0.323. The fourth-order valence-corrected chi connectivity index (χ4v) is 7.07. The van der Waals surface area contributed by atoms with Crippen molar-refractivity contribution < 1.29 is 21.6 Å². The molecule has 0 N–H and O–H groups in total. The van der Waals surface area contributed by atoms with Crippen molar-refractivity contribution in [1.29, 1.82) is 0 Å². The van der Waals surface area contributed by atoms with Gasteiger partial charge in [0.05, 0.1) is 23.1 Å². The average molecular weight is 575 g/mol. The number of nitrogens with zero attached hydrogens (tertiary/aromatic N) is 6. The first-order chi connectivity index (χ1) is 18.9. The van der Waals surface area contributed by atoms with Gasteiger partial charge in [-0.25, -0.2) is 26.3 Å². The van der Waals surface area contributed by atoms with Gasteiger partial charge in [0, 0.05) is 43.8 Å². The second-order valence-electron chi connectivity index (χ2n) is 10.8. The first kappa shape index (κ1) is 28.3. The third-order valence-corrected chi connectivity index (χ3v) is 9.25. The number of halogens is 3. The maximum Gasteiger partial charge on any atom is 0.257 e. The Balaban J connectivity index is 1.51. The van der Waals surface area contributed by atoms with Crippen LogP contribution < -0.4 is 0 Å². The highest BCUT2D eigenvalue weighted by Gasteiger charge is 2.37. The minimum absolute atomic E-state index is 0.0445. The molecule has 0 saturated carbocycles. The van der Waals surface area contributed by atoms with Crippen LogP contribution in [0.15, 0.2) is 53.7 Å². The van der Waals surface area contributed by atoms with Crippen molar-refractivity contribution in [3.63, 3.8) is 0 Å². The second kappa shape index (κ2) is 11.0. The van der Waals surface area contributed by atoms with E-state index in [-0.39, 0.29) is 35.5 Å². The quantitative estimate of drug-likeness (QED) is 0.298. The van der Waals surface area contributed by atoms with Gasteiger partial charge in [0.1, 0.15) is 17.3 Å². The molecule has 0 spiro atoms.